The number of aliphatic hydroxyl groups is 1. The summed E-state index contributed by atoms with van der Waals surface area (Å²) in [5, 5.41) is 16.8. The van der Waals surface area contributed by atoms with Crippen molar-refractivity contribution < 1.29 is 37.0 Å². The summed E-state index contributed by atoms with van der Waals surface area (Å²) in [7, 11) is -0.935. The Morgan fingerprint density at radius 3 is 2.33 bits per heavy atom. The number of nitrogens with one attached hydrogen (secondary N) is 2. The first-order valence-electron chi connectivity index (χ1n) is 14.4. The molecule has 0 saturated carbocycles. The molecule has 46 heavy (non-hydrogen) atoms. The Balaban J connectivity index is 1.88. The summed E-state index contributed by atoms with van der Waals surface area (Å²) in [4.78, 5) is 26.6. The summed E-state index contributed by atoms with van der Waals surface area (Å²) in [5.74, 6) is -1.16. The van der Waals surface area contributed by atoms with Crippen LogP contribution in [0.15, 0.2) is 92.0 Å². The van der Waals surface area contributed by atoms with E-state index in [-0.39, 0.29) is 24.3 Å². The summed E-state index contributed by atoms with van der Waals surface area (Å²) in [5.41, 5.74) is 2.36. The lowest BCUT2D eigenvalue weighted by atomic mass is 10.0. The van der Waals surface area contributed by atoms with Crippen LogP contribution < -0.4 is 19.7 Å². The molecule has 0 aliphatic carbocycles. The molecule has 2 amide bonds. The van der Waals surface area contributed by atoms with Gasteiger partial charge >= 0.3 is 0 Å². The molecular formula is C34H40FN3O7S. The van der Waals surface area contributed by atoms with Gasteiger partial charge in [-0.05, 0) is 78.6 Å². The van der Waals surface area contributed by atoms with E-state index < -0.39 is 45.9 Å². The summed E-state index contributed by atoms with van der Waals surface area (Å²) in [6, 6.07) is 16.1. The fraction of sp³-hybridized carbons (Fsp3) is 0.294. The number of nitrogens with zero attached hydrogens (tertiary/aromatic N) is 1. The lowest BCUT2D eigenvalue weighted by Gasteiger charge is -2.27. The molecule has 0 aromatic heterocycles. The van der Waals surface area contributed by atoms with Crippen molar-refractivity contribution in [3.63, 3.8) is 0 Å². The van der Waals surface area contributed by atoms with Crippen molar-refractivity contribution in [3.8, 4) is 5.75 Å². The first kappa shape index (κ1) is 36.0. The zero-order valence-corrected chi connectivity index (χ0v) is 26.9. The normalized spacial score (nSPS) is 13.2. The van der Waals surface area contributed by atoms with Crippen LogP contribution in [-0.4, -0.2) is 70.6 Å². The number of allylic oxidation sites excluding steroid dienone is 2. The Labute approximate surface area is 269 Å². The highest BCUT2D eigenvalue weighted by atomic mass is 32.2. The van der Waals surface area contributed by atoms with Gasteiger partial charge in [-0.1, -0.05) is 24.3 Å². The summed E-state index contributed by atoms with van der Waals surface area (Å²) in [6.45, 7) is 7.30. The van der Waals surface area contributed by atoms with Crippen LogP contribution >= 0.6 is 0 Å². The number of hydrogen-bond acceptors (Lipinski definition) is 7. The molecule has 0 heterocycles. The highest BCUT2D eigenvalue weighted by Gasteiger charge is 2.30. The first-order valence-corrected chi connectivity index (χ1v) is 16.3. The van der Waals surface area contributed by atoms with Crippen LogP contribution in [0.2, 0.25) is 0 Å². The van der Waals surface area contributed by atoms with E-state index in [1.54, 1.807) is 30.4 Å². The number of sulfonamides is 1. The average Bonchev–Trinajstić information content (AvgIpc) is 3.02. The molecule has 3 atom stereocenters. The molecule has 0 unspecified atom stereocenters. The second kappa shape index (κ2) is 16.7. The van der Waals surface area contributed by atoms with Crippen molar-refractivity contribution in [2.75, 3.05) is 36.6 Å². The monoisotopic (exact) mass is 653 g/mol. The molecule has 3 rings (SSSR count). The quantitative estimate of drug-likeness (QED) is 0.186. The minimum Gasteiger partial charge on any atom is -0.491 e. The molecule has 0 aliphatic heterocycles. The number of aliphatic hydroxyl groups excluding tert-OH is 1. The number of carbonyl (C=O) groups is 2. The van der Waals surface area contributed by atoms with Crippen molar-refractivity contribution in [1.29, 1.82) is 0 Å². The third-order valence-electron chi connectivity index (χ3n) is 7.11. The van der Waals surface area contributed by atoms with Crippen molar-refractivity contribution >= 4 is 33.2 Å². The van der Waals surface area contributed by atoms with Crippen LogP contribution in [0.5, 0.6) is 5.75 Å². The highest BCUT2D eigenvalue weighted by Crippen LogP contribution is 2.22. The maximum atomic E-state index is 13.6. The zero-order chi connectivity index (χ0) is 33.9. The SMILES string of the molecule is C=CCc1cccc(OC[C@H](NC(=O)c2cc(CC=C)cc(N(C)S(C)(=O)=O)c2)[C@@H](O)C[C@@H](OC)C(=O)Nc2ccc(F)cc2)c1. The van der Waals surface area contributed by atoms with Crippen LogP contribution in [0.1, 0.15) is 27.9 Å². The molecule has 246 valence electrons. The molecular weight excluding hydrogens is 613 g/mol. The van der Waals surface area contributed by atoms with Gasteiger partial charge in [0.2, 0.25) is 10.0 Å². The fourth-order valence-corrected chi connectivity index (χ4v) is 5.02. The molecule has 0 fully saturated rings. The first-order chi connectivity index (χ1) is 21.8. The molecule has 0 bridgehead atoms. The van der Waals surface area contributed by atoms with Gasteiger partial charge in [0, 0.05) is 31.8 Å². The van der Waals surface area contributed by atoms with E-state index in [0.717, 1.165) is 16.1 Å². The second-order valence-corrected chi connectivity index (χ2v) is 12.7. The number of ether oxygens (including phenoxy) is 2. The molecule has 0 saturated heterocycles. The van der Waals surface area contributed by atoms with E-state index in [2.05, 4.69) is 23.8 Å². The number of methoxy groups -OCH3 is 1. The Bertz CT molecular complexity index is 1630. The number of rotatable bonds is 17. The maximum absolute atomic E-state index is 13.6. The number of halogens is 1. The molecule has 3 aromatic rings. The van der Waals surface area contributed by atoms with Crippen molar-refractivity contribution in [1.82, 2.24) is 5.32 Å². The Kier molecular flexibility index (Phi) is 13.0. The number of benzene rings is 3. The standard InChI is InChI=1S/C34H40FN3O7S/c1-6-9-23-11-8-12-29(19-23)45-22-30(31(39)21-32(44-4)34(41)36-27-15-13-26(35)14-16-27)37-33(40)25-17-24(10-7-2)18-28(20-25)38(3)46(5,42)43/h6-8,11-20,30-32,39H,1-2,9-10,21-22H2,3-5H3,(H,36,41)(H,37,40)/t30-,31-,32+/m0/s1. The van der Waals surface area contributed by atoms with E-state index >= 15 is 0 Å². The van der Waals surface area contributed by atoms with Gasteiger partial charge in [0.25, 0.3) is 11.8 Å². The van der Waals surface area contributed by atoms with Gasteiger partial charge in [0.1, 0.15) is 24.3 Å². The van der Waals surface area contributed by atoms with Crippen LogP contribution in [0, 0.1) is 5.82 Å². The van der Waals surface area contributed by atoms with Crippen molar-refractivity contribution in [2.24, 2.45) is 0 Å². The largest absolute Gasteiger partial charge is 0.491 e. The lowest BCUT2D eigenvalue weighted by molar-refractivity contribution is -0.127. The summed E-state index contributed by atoms with van der Waals surface area (Å²) in [6.07, 6.45) is 2.73. The van der Waals surface area contributed by atoms with Gasteiger partial charge in [-0.2, -0.15) is 0 Å². The average molecular weight is 654 g/mol. The van der Waals surface area contributed by atoms with E-state index in [4.69, 9.17) is 9.47 Å². The van der Waals surface area contributed by atoms with Gasteiger partial charge < -0.3 is 25.2 Å². The lowest BCUT2D eigenvalue weighted by Crippen LogP contribution is -2.49. The van der Waals surface area contributed by atoms with Gasteiger partial charge in [0.05, 0.1) is 24.1 Å². The van der Waals surface area contributed by atoms with Crippen molar-refractivity contribution in [3.05, 3.63) is 115 Å². The third kappa shape index (κ3) is 10.5. The summed E-state index contributed by atoms with van der Waals surface area (Å²) >= 11 is 0. The maximum Gasteiger partial charge on any atom is 0.253 e. The third-order valence-corrected chi connectivity index (χ3v) is 8.32. The fourth-order valence-electron chi connectivity index (χ4n) is 4.53. The van der Waals surface area contributed by atoms with Crippen LogP contribution in [0.3, 0.4) is 0 Å². The predicted molar refractivity (Wildman–Crippen MR) is 177 cm³/mol. The Hall–Kier alpha value is -4.52. The molecule has 10 nitrogen and oxygen atoms in total. The Morgan fingerprint density at radius 1 is 1.02 bits per heavy atom. The van der Waals surface area contributed by atoms with E-state index in [1.807, 2.05) is 18.2 Å². The van der Waals surface area contributed by atoms with Gasteiger partial charge in [-0.3, -0.25) is 13.9 Å². The highest BCUT2D eigenvalue weighted by molar-refractivity contribution is 7.92. The zero-order valence-electron chi connectivity index (χ0n) is 26.1. The topological polar surface area (TPSA) is 134 Å². The summed E-state index contributed by atoms with van der Waals surface area (Å²) < 4.78 is 50.2. The minimum absolute atomic E-state index is 0.146. The van der Waals surface area contributed by atoms with E-state index in [0.29, 0.717) is 29.8 Å². The van der Waals surface area contributed by atoms with Crippen molar-refractivity contribution in [2.45, 2.75) is 37.5 Å². The minimum atomic E-state index is -3.62. The van der Waals surface area contributed by atoms with Crippen LogP contribution in [0.4, 0.5) is 15.8 Å². The number of carbonyl (C=O) groups excluding carboxylic acids is 2. The number of anilines is 2. The van der Waals surface area contributed by atoms with Gasteiger partial charge in [-0.25, -0.2) is 12.8 Å². The molecule has 0 radical (unpaired) electrons. The molecule has 3 aromatic carbocycles. The smallest absolute Gasteiger partial charge is 0.253 e. The number of amides is 2. The van der Waals surface area contributed by atoms with Gasteiger partial charge in [0.15, 0.2) is 0 Å². The molecule has 12 heteroatoms. The molecule has 3 N–H and O–H groups in total. The van der Waals surface area contributed by atoms with E-state index in [1.165, 1.54) is 44.5 Å². The van der Waals surface area contributed by atoms with Gasteiger partial charge in [-0.15, -0.1) is 13.2 Å². The molecule has 0 aliphatic rings. The van der Waals surface area contributed by atoms with Crippen LogP contribution in [-0.2, 0) is 32.4 Å². The Morgan fingerprint density at radius 2 is 1.70 bits per heavy atom. The number of hydrogen-bond donors (Lipinski definition) is 3. The second-order valence-electron chi connectivity index (χ2n) is 10.7. The van der Waals surface area contributed by atoms with Crippen LogP contribution in [0.25, 0.3) is 0 Å². The predicted octanol–water partition coefficient (Wildman–Crippen LogP) is 4.26. The van der Waals surface area contributed by atoms with E-state index in [9.17, 15) is 27.5 Å². The molecule has 0 spiro atoms.